The van der Waals surface area contributed by atoms with Gasteiger partial charge in [0.25, 0.3) is 0 Å². The van der Waals surface area contributed by atoms with E-state index < -0.39 is 5.97 Å². The second-order valence-electron chi connectivity index (χ2n) is 5.73. The molecule has 0 bridgehead atoms. The van der Waals surface area contributed by atoms with E-state index in [4.69, 9.17) is 4.84 Å². The van der Waals surface area contributed by atoms with Crippen molar-refractivity contribution in [2.45, 2.75) is 6.92 Å². The molecule has 0 aromatic heterocycles. The molecule has 4 nitrogen and oxygen atoms in total. The van der Waals surface area contributed by atoms with E-state index >= 15 is 0 Å². The van der Waals surface area contributed by atoms with Crippen LogP contribution in [-0.4, -0.2) is 25.8 Å². The van der Waals surface area contributed by atoms with Crippen LogP contribution in [0.4, 0.5) is 5.69 Å². The van der Waals surface area contributed by atoms with Gasteiger partial charge in [0.05, 0.1) is 5.57 Å². The topological polar surface area (TPSA) is 41.9 Å². The van der Waals surface area contributed by atoms with E-state index in [-0.39, 0.29) is 0 Å². The number of aryl methyl sites for hydroxylation is 1. The van der Waals surface area contributed by atoms with Crippen molar-refractivity contribution in [1.29, 1.82) is 0 Å². The summed E-state index contributed by atoms with van der Waals surface area (Å²) in [5.74, 6) is -0.418. The minimum absolute atomic E-state index is 0.418. The molecule has 0 aliphatic carbocycles. The zero-order valence-electron chi connectivity index (χ0n) is 13.4. The van der Waals surface area contributed by atoms with E-state index in [1.165, 1.54) is 0 Å². The minimum atomic E-state index is -0.418. The highest BCUT2D eigenvalue weighted by Crippen LogP contribution is 2.22. The van der Waals surface area contributed by atoms with Gasteiger partial charge < -0.3 is 9.74 Å². The number of nitrogens with zero attached hydrogens (tertiary/aromatic N) is 2. The van der Waals surface area contributed by atoms with Gasteiger partial charge in [0, 0.05) is 25.3 Å². The third-order valence-corrected chi connectivity index (χ3v) is 3.71. The Labute approximate surface area is 135 Å². The average molecular weight is 306 g/mol. The molecular formula is C19H18N2O2. The van der Waals surface area contributed by atoms with Crippen molar-refractivity contribution in [2.75, 3.05) is 19.0 Å². The predicted molar refractivity (Wildman–Crippen MR) is 92.6 cm³/mol. The third-order valence-electron chi connectivity index (χ3n) is 3.71. The molecule has 1 heterocycles. The van der Waals surface area contributed by atoms with Gasteiger partial charge >= 0.3 is 5.97 Å². The molecular weight excluding hydrogens is 288 g/mol. The summed E-state index contributed by atoms with van der Waals surface area (Å²) < 4.78 is 0. The molecule has 2 aromatic carbocycles. The van der Waals surface area contributed by atoms with Crippen molar-refractivity contribution in [3.05, 3.63) is 70.8 Å². The number of anilines is 1. The fraction of sp³-hybridized carbons (Fsp3) is 0.158. The first-order valence-corrected chi connectivity index (χ1v) is 7.40. The van der Waals surface area contributed by atoms with Gasteiger partial charge in [-0.25, -0.2) is 4.79 Å². The molecule has 1 aliphatic rings. The Morgan fingerprint density at radius 3 is 2.48 bits per heavy atom. The van der Waals surface area contributed by atoms with Crippen molar-refractivity contribution in [2.24, 2.45) is 5.16 Å². The molecule has 4 heteroatoms. The van der Waals surface area contributed by atoms with E-state index in [9.17, 15) is 4.79 Å². The average Bonchev–Trinajstić information content (AvgIpc) is 2.89. The second-order valence-corrected chi connectivity index (χ2v) is 5.73. The highest BCUT2D eigenvalue weighted by atomic mass is 16.7. The molecule has 2 aromatic rings. The summed E-state index contributed by atoms with van der Waals surface area (Å²) in [6.45, 7) is 2.01. The van der Waals surface area contributed by atoms with E-state index in [0.717, 1.165) is 22.4 Å². The van der Waals surface area contributed by atoms with Gasteiger partial charge in [-0.2, -0.15) is 0 Å². The van der Waals surface area contributed by atoms with Crippen LogP contribution >= 0.6 is 0 Å². The van der Waals surface area contributed by atoms with Crippen molar-refractivity contribution < 1.29 is 9.63 Å². The van der Waals surface area contributed by atoms with Gasteiger partial charge in [-0.3, -0.25) is 0 Å². The fourth-order valence-electron chi connectivity index (χ4n) is 2.45. The molecule has 0 saturated carbocycles. The summed E-state index contributed by atoms with van der Waals surface area (Å²) in [6, 6.07) is 15.8. The highest BCUT2D eigenvalue weighted by Gasteiger charge is 2.26. The largest absolute Gasteiger partial charge is 0.378 e. The first-order chi connectivity index (χ1) is 11.0. The maximum Gasteiger partial charge on any atom is 0.368 e. The van der Waals surface area contributed by atoms with Crippen LogP contribution in [0, 0.1) is 6.92 Å². The number of hydrogen-bond donors (Lipinski definition) is 0. The Morgan fingerprint density at radius 1 is 1.09 bits per heavy atom. The lowest BCUT2D eigenvalue weighted by Gasteiger charge is -2.11. The van der Waals surface area contributed by atoms with Gasteiger partial charge in [0.1, 0.15) is 5.71 Å². The predicted octanol–water partition coefficient (Wildman–Crippen LogP) is 3.41. The van der Waals surface area contributed by atoms with Gasteiger partial charge in [-0.15, -0.1) is 0 Å². The first-order valence-electron chi connectivity index (χ1n) is 7.40. The van der Waals surface area contributed by atoms with Crippen molar-refractivity contribution in [3.8, 4) is 0 Å². The lowest BCUT2D eigenvalue weighted by Crippen LogP contribution is -2.08. The summed E-state index contributed by atoms with van der Waals surface area (Å²) in [4.78, 5) is 18.9. The third kappa shape index (κ3) is 3.16. The number of hydrogen-bond acceptors (Lipinski definition) is 4. The maximum absolute atomic E-state index is 12.0. The zero-order valence-corrected chi connectivity index (χ0v) is 13.4. The summed E-state index contributed by atoms with van der Waals surface area (Å²) in [5.41, 5.74) is 5.09. The van der Waals surface area contributed by atoms with Crippen molar-refractivity contribution >= 4 is 23.4 Å². The molecule has 0 radical (unpaired) electrons. The summed E-state index contributed by atoms with van der Waals surface area (Å²) >= 11 is 0. The maximum atomic E-state index is 12.0. The van der Waals surface area contributed by atoms with Crippen LogP contribution in [0.2, 0.25) is 0 Å². The Bertz CT molecular complexity index is 802. The number of carbonyl (C=O) groups is 1. The monoisotopic (exact) mass is 306 g/mol. The molecule has 0 unspecified atom stereocenters. The minimum Gasteiger partial charge on any atom is -0.378 e. The van der Waals surface area contributed by atoms with Crippen LogP contribution in [0.25, 0.3) is 6.08 Å². The highest BCUT2D eigenvalue weighted by molar-refractivity contribution is 6.31. The van der Waals surface area contributed by atoms with Gasteiger partial charge in [0.2, 0.25) is 0 Å². The van der Waals surface area contributed by atoms with Crippen LogP contribution < -0.4 is 4.90 Å². The molecule has 0 N–H and O–H groups in total. The smallest absolute Gasteiger partial charge is 0.368 e. The molecule has 3 rings (SSSR count). The second kappa shape index (κ2) is 6.08. The Balaban J connectivity index is 1.96. The van der Waals surface area contributed by atoms with Crippen LogP contribution in [0.15, 0.2) is 59.3 Å². The fourth-order valence-corrected chi connectivity index (χ4v) is 2.45. The first kappa shape index (κ1) is 15.0. The molecule has 0 spiro atoms. The quantitative estimate of drug-likeness (QED) is 0.644. The lowest BCUT2D eigenvalue weighted by atomic mass is 9.99. The van der Waals surface area contributed by atoms with Crippen molar-refractivity contribution in [1.82, 2.24) is 0 Å². The van der Waals surface area contributed by atoms with Gasteiger partial charge in [-0.1, -0.05) is 41.1 Å². The lowest BCUT2D eigenvalue weighted by molar-refractivity contribution is -0.136. The SMILES string of the molecule is Cc1cccc(C2=NOC(=O)/C2=C\c2ccc(N(C)C)cc2)c1. The Kier molecular flexibility index (Phi) is 3.98. The molecule has 0 atom stereocenters. The number of carbonyl (C=O) groups excluding carboxylic acids is 1. The number of rotatable bonds is 3. The molecule has 1 aliphatic heterocycles. The number of benzene rings is 2. The van der Waals surface area contributed by atoms with Crippen LogP contribution in [0.5, 0.6) is 0 Å². The van der Waals surface area contributed by atoms with Crippen LogP contribution in [0.3, 0.4) is 0 Å². The van der Waals surface area contributed by atoms with Crippen LogP contribution in [-0.2, 0) is 9.63 Å². The number of oxime groups is 1. The summed E-state index contributed by atoms with van der Waals surface area (Å²) in [7, 11) is 3.98. The normalized spacial score (nSPS) is 15.5. The zero-order chi connectivity index (χ0) is 16.4. The Morgan fingerprint density at radius 2 is 1.83 bits per heavy atom. The van der Waals surface area contributed by atoms with Gasteiger partial charge in [0.15, 0.2) is 0 Å². The van der Waals surface area contributed by atoms with E-state index in [1.54, 1.807) is 0 Å². The molecule has 0 fully saturated rings. The van der Waals surface area contributed by atoms with Crippen molar-refractivity contribution in [3.63, 3.8) is 0 Å². The Hall–Kier alpha value is -2.88. The summed E-state index contributed by atoms with van der Waals surface area (Å²) in [6.07, 6.45) is 1.82. The van der Waals surface area contributed by atoms with E-state index in [0.29, 0.717) is 11.3 Å². The standard InChI is InChI=1S/C19H18N2O2/c1-13-5-4-6-15(11-13)18-17(19(22)23-20-18)12-14-7-9-16(10-8-14)21(2)3/h4-12H,1-3H3/b17-12-. The molecule has 116 valence electrons. The molecule has 23 heavy (non-hydrogen) atoms. The van der Waals surface area contributed by atoms with Crippen LogP contribution in [0.1, 0.15) is 16.7 Å². The summed E-state index contributed by atoms with van der Waals surface area (Å²) in [5, 5.41) is 3.94. The van der Waals surface area contributed by atoms with Gasteiger partial charge in [-0.05, 0) is 36.8 Å². The molecule has 0 saturated heterocycles. The van der Waals surface area contributed by atoms with E-state index in [1.807, 2.05) is 80.5 Å². The molecule has 0 amide bonds. The van der Waals surface area contributed by atoms with E-state index in [2.05, 4.69) is 5.16 Å².